The highest BCUT2D eigenvalue weighted by Gasteiger charge is 2.26. The second-order valence-corrected chi connectivity index (χ2v) is 4.40. The maximum absolute atomic E-state index is 11.3. The number of nitrogens with one attached hydrogen (secondary N) is 1. The van der Waals surface area contributed by atoms with Gasteiger partial charge in [0.1, 0.15) is 0 Å². The smallest absolute Gasteiger partial charge is 0.230 e. The van der Waals surface area contributed by atoms with E-state index in [0.29, 0.717) is 24.3 Å². The van der Waals surface area contributed by atoms with Crippen molar-refractivity contribution >= 4 is 30.1 Å². The van der Waals surface area contributed by atoms with E-state index in [1.807, 2.05) is 6.26 Å². The molecule has 1 fully saturated rings. The summed E-state index contributed by atoms with van der Waals surface area (Å²) in [4.78, 5) is 11.3. The van der Waals surface area contributed by atoms with E-state index in [1.54, 1.807) is 11.8 Å². The normalized spacial score (nSPS) is 25.6. The summed E-state index contributed by atoms with van der Waals surface area (Å²) in [5.41, 5.74) is 5.62. The maximum atomic E-state index is 11.3. The molecule has 2 unspecified atom stereocenters. The Labute approximate surface area is 96.0 Å². The van der Waals surface area contributed by atoms with Gasteiger partial charge in [-0.05, 0) is 31.6 Å². The fraction of sp³-hybridized carbons (Fsp3) is 0.889. The van der Waals surface area contributed by atoms with Crippen molar-refractivity contribution in [2.75, 3.05) is 18.6 Å². The third-order valence-corrected chi connectivity index (χ3v) is 3.13. The topological polar surface area (TPSA) is 55.1 Å². The van der Waals surface area contributed by atoms with Gasteiger partial charge in [-0.3, -0.25) is 4.79 Å². The molecule has 14 heavy (non-hydrogen) atoms. The van der Waals surface area contributed by atoms with Gasteiger partial charge >= 0.3 is 0 Å². The molecule has 1 rings (SSSR count). The van der Waals surface area contributed by atoms with Crippen LogP contribution in [-0.2, 0) is 4.79 Å². The van der Waals surface area contributed by atoms with Crippen LogP contribution in [0.2, 0.25) is 0 Å². The monoisotopic (exact) mass is 238 g/mol. The van der Waals surface area contributed by atoms with Crippen LogP contribution in [0.5, 0.6) is 0 Å². The van der Waals surface area contributed by atoms with Crippen molar-refractivity contribution in [2.24, 2.45) is 11.7 Å². The third-order valence-electron chi connectivity index (χ3n) is 2.58. The van der Waals surface area contributed by atoms with E-state index in [1.165, 1.54) is 12.8 Å². The molecule has 0 aliphatic heterocycles. The van der Waals surface area contributed by atoms with Gasteiger partial charge in [-0.15, -0.1) is 12.4 Å². The fourth-order valence-electron chi connectivity index (χ4n) is 1.89. The lowest BCUT2D eigenvalue weighted by molar-refractivity contribution is -0.119. The Morgan fingerprint density at radius 3 is 2.86 bits per heavy atom. The Morgan fingerprint density at radius 2 is 2.29 bits per heavy atom. The lowest BCUT2D eigenvalue weighted by atomic mass is 10.0. The molecule has 0 aromatic heterocycles. The molecule has 0 saturated heterocycles. The number of nitrogens with two attached hydrogens (primary N) is 1. The van der Waals surface area contributed by atoms with Gasteiger partial charge in [0.2, 0.25) is 5.91 Å². The second-order valence-electron chi connectivity index (χ2n) is 3.53. The molecule has 3 nitrogen and oxygen atoms in total. The van der Waals surface area contributed by atoms with Crippen molar-refractivity contribution in [2.45, 2.75) is 25.3 Å². The van der Waals surface area contributed by atoms with E-state index in [2.05, 4.69) is 5.32 Å². The van der Waals surface area contributed by atoms with Crippen molar-refractivity contribution in [3.63, 3.8) is 0 Å². The zero-order valence-corrected chi connectivity index (χ0v) is 10.1. The Hall–Kier alpha value is 0.0700. The number of rotatable bonds is 4. The molecular formula is C9H19ClN2OS. The van der Waals surface area contributed by atoms with Crippen molar-refractivity contribution in [1.82, 2.24) is 5.32 Å². The number of amides is 1. The molecule has 0 heterocycles. The van der Waals surface area contributed by atoms with E-state index < -0.39 is 0 Å². The molecule has 0 bridgehead atoms. The van der Waals surface area contributed by atoms with Gasteiger partial charge in [0.25, 0.3) is 0 Å². The highest BCUT2D eigenvalue weighted by molar-refractivity contribution is 7.99. The first-order chi connectivity index (χ1) is 6.27. The molecule has 2 atom stereocenters. The number of carbonyl (C=O) groups excluding carboxylic acids is 1. The molecule has 1 saturated carbocycles. The Kier molecular flexibility index (Phi) is 7.41. The molecule has 5 heteroatoms. The molecular weight excluding hydrogens is 220 g/mol. The minimum absolute atomic E-state index is 0. The van der Waals surface area contributed by atoms with Crippen LogP contribution in [-0.4, -0.2) is 30.5 Å². The third kappa shape index (κ3) is 4.07. The maximum Gasteiger partial charge on any atom is 0.230 e. The molecule has 0 radical (unpaired) electrons. The molecule has 84 valence electrons. The van der Waals surface area contributed by atoms with Gasteiger partial charge in [0.05, 0.1) is 5.75 Å². The van der Waals surface area contributed by atoms with Gasteiger partial charge in [0.15, 0.2) is 0 Å². The summed E-state index contributed by atoms with van der Waals surface area (Å²) in [5, 5.41) is 3.04. The molecule has 0 spiro atoms. The zero-order chi connectivity index (χ0) is 9.68. The summed E-state index contributed by atoms with van der Waals surface area (Å²) in [7, 11) is 0. The molecule has 3 N–H and O–H groups in total. The summed E-state index contributed by atoms with van der Waals surface area (Å²) in [6.07, 6.45) is 5.41. The van der Waals surface area contributed by atoms with Gasteiger partial charge < -0.3 is 11.1 Å². The first-order valence-corrected chi connectivity index (χ1v) is 6.15. The average molecular weight is 239 g/mol. The van der Waals surface area contributed by atoms with Crippen LogP contribution in [0, 0.1) is 5.92 Å². The molecule has 1 amide bonds. The van der Waals surface area contributed by atoms with Crippen LogP contribution in [0.4, 0.5) is 0 Å². The largest absolute Gasteiger partial charge is 0.352 e. The number of hydrogen-bond donors (Lipinski definition) is 2. The van der Waals surface area contributed by atoms with Crippen molar-refractivity contribution < 1.29 is 4.79 Å². The first-order valence-electron chi connectivity index (χ1n) is 4.76. The second kappa shape index (κ2) is 7.37. The van der Waals surface area contributed by atoms with Crippen molar-refractivity contribution in [3.05, 3.63) is 0 Å². The number of thioether (sulfide) groups is 1. The predicted octanol–water partition coefficient (Wildman–Crippen LogP) is 1.01. The Morgan fingerprint density at radius 1 is 1.57 bits per heavy atom. The van der Waals surface area contributed by atoms with Crippen LogP contribution in [0.3, 0.4) is 0 Å². The Balaban J connectivity index is 0.00000169. The molecule has 1 aliphatic rings. The van der Waals surface area contributed by atoms with E-state index in [9.17, 15) is 4.79 Å². The number of hydrogen-bond acceptors (Lipinski definition) is 3. The molecule has 1 aliphatic carbocycles. The average Bonchev–Trinajstić information content (AvgIpc) is 2.52. The van der Waals surface area contributed by atoms with Gasteiger partial charge in [-0.2, -0.15) is 11.8 Å². The lowest BCUT2D eigenvalue weighted by Crippen LogP contribution is -2.40. The van der Waals surface area contributed by atoms with E-state index in [0.717, 1.165) is 6.42 Å². The van der Waals surface area contributed by atoms with Crippen LogP contribution < -0.4 is 11.1 Å². The summed E-state index contributed by atoms with van der Waals surface area (Å²) in [6, 6.07) is 0.338. The van der Waals surface area contributed by atoms with Gasteiger partial charge in [0, 0.05) is 6.04 Å². The van der Waals surface area contributed by atoms with Crippen LogP contribution >= 0.6 is 24.2 Å². The predicted molar refractivity (Wildman–Crippen MR) is 64.0 cm³/mol. The van der Waals surface area contributed by atoms with Crippen LogP contribution in [0.15, 0.2) is 0 Å². The minimum atomic E-state index is 0. The molecule has 0 aromatic rings. The van der Waals surface area contributed by atoms with Crippen molar-refractivity contribution in [3.8, 4) is 0 Å². The quantitative estimate of drug-likeness (QED) is 0.769. The van der Waals surface area contributed by atoms with Crippen LogP contribution in [0.25, 0.3) is 0 Å². The SMILES string of the molecule is CSCC(=O)NC1CCCC1CN.Cl. The lowest BCUT2D eigenvalue weighted by Gasteiger charge is -2.18. The molecule has 0 aromatic carbocycles. The number of carbonyl (C=O) groups is 1. The fourth-order valence-corrected chi connectivity index (χ4v) is 2.23. The van der Waals surface area contributed by atoms with Gasteiger partial charge in [-0.1, -0.05) is 6.42 Å². The Bertz CT molecular complexity index is 180. The summed E-state index contributed by atoms with van der Waals surface area (Å²) >= 11 is 1.56. The van der Waals surface area contributed by atoms with Gasteiger partial charge in [-0.25, -0.2) is 0 Å². The van der Waals surface area contributed by atoms with E-state index in [-0.39, 0.29) is 18.3 Å². The highest BCUT2D eigenvalue weighted by Crippen LogP contribution is 2.24. The first kappa shape index (κ1) is 14.1. The summed E-state index contributed by atoms with van der Waals surface area (Å²) < 4.78 is 0. The van der Waals surface area contributed by atoms with E-state index >= 15 is 0 Å². The minimum Gasteiger partial charge on any atom is -0.352 e. The zero-order valence-electron chi connectivity index (χ0n) is 8.49. The highest BCUT2D eigenvalue weighted by atomic mass is 35.5. The van der Waals surface area contributed by atoms with Crippen LogP contribution in [0.1, 0.15) is 19.3 Å². The number of halogens is 1. The summed E-state index contributed by atoms with van der Waals surface area (Å²) in [6.45, 7) is 0.699. The van der Waals surface area contributed by atoms with E-state index in [4.69, 9.17) is 5.73 Å². The summed E-state index contributed by atoms with van der Waals surface area (Å²) in [5.74, 6) is 1.22. The van der Waals surface area contributed by atoms with Crippen molar-refractivity contribution in [1.29, 1.82) is 0 Å². The standard InChI is InChI=1S/C9H18N2OS.ClH/c1-13-6-9(12)11-8-4-2-3-7(8)5-10;/h7-8H,2-6,10H2,1H3,(H,11,12);1H.